The maximum absolute atomic E-state index is 14.0. The van der Waals surface area contributed by atoms with Gasteiger partial charge in [-0.25, -0.2) is 9.18 Å². The Morgan fingerprint density at radius 1 is 1.14 bits per heavy atom. The number of amides is 1. The van der Waals surface area contributed by atoms with Gasteiger partial charge in [0.25, 0.3) is 0 Å². The molecule has 0 spiro atoms. The van der Waals surface area contributed by atoms with Gasteiger partial charge in [0.1, 0.15) is 11.4 Å². The van der Waals surface area contributed by atoms with Crippen LogP contribution in [0, 0.1) is 11.7 Å². The highest BCUT2D eigenvalue weighted by Gasteiger charge is 2.38. The van der Waals surface area contributed by atoms with E-state index in [1.807, 2.05) is 31.7 Å². The van der Waals surface area contributed by atoms with Crippen LogP contribution in [-0.2, 0) is 4.74 Å². The molecule has 5 nitrogen and oxygen atoms in total. The molecule has 0 N–H and O–H groups in total. The third-order valence-electron chi connectivity index (χ3n) is 7.27. The van der Waals surface area contributed by atoms with Crippen LogP contribution < -0.4 is 0 Å². The summed E-state index contributed by atoms with van der Waals surface area (Å²) in [4.78, 5) is 21.9. The van der Waals surface area contributed by atoms with E-state index in [0.717, 1.165) is 41.0 Å². The largest absolute Gasteiger partial charge is 0.444 e. The molecule has 2 aliphatic carbocycles. The SMILES string of the molecule is C=CN=C1CC(c2cccc(F)c2)=CC=C(C2CC2)/C1=C(/C)N1C[C@@H](C)N(C(=O)OC(C)(C)C)CC1C. The van der Waals surface area contributed by atoms with Crippen molar-refractivity contribution < 1.29 is 13.9 Å². The molecule has 6 heteroatoms. The highest BCUT2D eigenvalue weighted by Crippen LogP contribution is 2.44. The van der Waals surface area contributed by atoms with Crippen LogP contribution in [-0.4, -0.2) is 52.4 Å². The van der Waals surface area contributed by atoms with Gasteiger partial charge in [-0.15, -0.1) is 0 Å². The topological polar surface area (TPSA) is 45.1 Å². The number of ether oxygens (including phenoxy) is 1. The van der Waals surface area contributed by atoms with Crippen LogP contribution in [0.5, 0.6) is 0 Å². The number of aliphatic imine (C=N–C) groups is 1. The predicted molar refractivity (Wildman–Crippen MR) is 149 cm³/mol. The van der Waals surface area contributed by atoms with Crippen LogP contribution in [0.2, 0.25) is 0 Å². The van der Waals surface area contributed by atoms with Gasteiger partial charge < -0.3 is 14.5 Å². The molecule has 2 fully saturated rings. The van der Waals surface area contributed by atoms with Crippen molar-refractivity contribution in [3.63, 3.8) is 0 Å². The van der Waals surface area contributed by atoms with Crippen LogP contribution in [0.1, 0.15) is 66.4 Å². The zero-order valence-electron chi connectivity index (χ0n) is 23.1. The summed E-state index contributed by atoms with van der Waals surface area (Å²) in [7, 11) is 0. The first-order valence-electron chi connectivity index (χ1n) is 13.3. The van der Waals surface area contributed by atoms with Crippen molar-refractivity contribution in [3.05, 3.63) is 77.4 Å². The van der Waals surface area contributed by atoms with Crippen LogP contribution in [0.4, 0.5) is 9.18 Å². The Labute approximate surface area is 221 Å². The van der Waals surface area contributed by atoms with Crippen molar-refractivity contribution in [1.29, 1.82) is 0 Å². The standard InChI is InChI=1S/C31H40FN3O2/c1-8-33-28-17-25(24-10-9-11-26(32)16-24)14-15-27(23-12-13-23)29(28)22(4)34-18-21(3)35(19-20(34)2)30(36)37-31(5,6)7/h8-11,14-16,20-21,23H,1,12-13,17-19H2,2-7H3/b29-22+,33-28?/t20?,21-/m1/s1. The molecule has 37 heavy (non-hydrogen) atoms. The first-order valence-corrected chi connectivity index (χ1v) is 13.3. The molecule has 1 unspecified atom stereocenters. The van der Waals surface area contributed by atoms with E-state index in [4.69, 9.17) is 9.73 Å². The Morgan fingerprint density at radius 3 is 2.43 bits per heavy atom. The molecule has 2 atom stereocenters. The smallest absolute Gasteiger partial charge is 0.410 e. The van der Waals surface area contributed by atoms with Gasteiger partial charge in [-0.05, 0) is 89.1 Å². The fourth-order valence-corrected chi connectivity index (χ4v) is 5.34. The maximum Gasteiger partial charge on any atom is 0.410 e. The summed E-state index contributed by atoms with van der Waals surface area (Å²) in [5.41, 5.74) is 5.95. The van der Waals surface area contributed by atoms with Crippen LogP contribution >= 0.6 is 0 Å². The molecule has 1 saturated heterocycles. The Hall–Kier alpha value is -3.15. The average Bonchev–Trinajstić information content (AvgIpc) is 3.66. The van der Waals surface area contributed by atoms with Gasteiger partial charge in [0.15, 0.2) is 0 Å². The predicted octanol–water partition coefficient (Wildman–Crippen LogP) is 7.14. The summed E-state index contributed by atoms with van der Waals surface area (Å²) in [6.45, 7) is 17.3. The van der Waals surface area contributed by atoms with Crippen molar-refractivity contribution in [2.24, 2.45) is 10.9 Å². The van der Waals surface area contributed by atoms with Gasteiger partial charge in [0.2, 0.25) is 0 Å². The minimum atomic E-state index is -0.526. The minimum Gasteiger partial charge on any atom is -0.444 e. The molecule has 1 saturated carbocycles. The summed E-state index contributed by atoms with van der Waals surface area (Å²) in [5, 5.41) is 0. The van der Waals surface area contributed by atoms with Crippen LogP contribution in [0.3, 0.4) is 0 Å². The second kappa shape index (κ2) is 10.7. The summed E-state index contributed by atoms with van der Waals surface area (Å²) < 4.78 is 19.7. The molecule has 1 amide bonds. The van der Waals surface area contributed by atoms with Gasteiger partial charge in [0.05, 0.1) is 5.71 Å². The highest BCUT2D eigenvalue weighted by atomic mass is 19.1. The maximum atomic E-state index is 14.0. The number of piperazine rings is 1. The molecule has 1 aliphatic heterocycles. The molecule has 3 aliphatic rings. The number of halogens is 1. The monoisotopic (exact) mass is 505 g/mol. The minimum absolute atomic E-state index is 0.00139. The van der Waals surface area contributed by atoms with E-state index in [1.165, 1.54) is 11.6 Å². The Balaban J connectivity index is 1.69. The molecule has 1 aromatic rings. The van der Waals surface area contributed by atoms with Crippen molar-refractivity contribution >= 4 is 17.4 Å². The van der Waals surface area contributed by atoms with Gasteiger partial charge >= 0.3 is 6.09 Å². The molecular formula is C31H40FN3O2. The second-order valence-corrected chi connectivity index (χ2v) is 11.5. The van der Waals surface area contributed by atoms with E-state index in [9.17, 15) is 9.18 Å². The van der Waals surface area contributed by atoms with Gasteiger partial charge in [-0.1, -0.05) is 30.9 Å². The molecule has 4 rings (SSSR count). The number of hydrogen-bond acceptors (Lipinski definition) is 4. The lowest BCUT2D eigenvalue weighted by atomic mass is 9.91. The number of carbonyl (C=O) groups is 1. The molecule has 0 aromatic heterocycles. The second-order valence-electron chi connectivity index (χ2n) is 11.5. The number of rotatable bonds is 4. The summed E-state index contributed by atoms with van der Waals surface area (Å²) in [6.07, 6.45) is 8.60. The quantitative estimate of drug-likeness (QED) is 0.437. The van der Waals surface area contributed by atoms with Crippen molar-refractivity contribution in [1.82, 2.24) is 9.80 Å². The van der Waals surface area contributed by atoms with Gasteiger partial charge in [-0.3, -0.25) is 4.99 Å². The molecule has 0 bridgehead atoms. The molecular weight excluding hydrogens is 465 g/mol. The highest BCUT2D eigenvalue weighted by molar-refractivity contribution is 6.10. The van der Waals surface area contributed by atoms with E-state index in [-0.39, 0.29) is 24.0 Å². The summed E-state index contributed by atoms with van der Waals surface area (Å²) in [6, 6.07) is 6.87. The van der Waals surface area contributed by atoms with Crippen LogP contribution in [0.25, 0.3) is 5.57 Å². The third kappa shape index (κ3) is 6.23. The number of carbonyl (C=O) groups excluding carboxylic acids is 1. The van der Waals surface area contributed by atoms with E-state index in [0.29, 0.717) is 25.4 Å². The van der Waals surface area contributed by atoms with Gasteiger partial charge in [-0.2, -0.15) is 0 Å². The third-order valence-corrected chi connectivity index (χ3v) is 7.27. The van der Waals surface area contributed by atoms with E-state index in [2.05, 4.69) is 44.4 Å². The lowest BCUT2D eigenvalue weighted by molar-refractivity contribution is -0.00419. The zero-order chi connectivity index (χ0) is 26.9. The molecule has 1 aromatic carbocycles. The first kappa shape index (κ1) is 26.9. The average molecular weight is 506 g/mol. The van der Waals surface area contributed by atoms with Gasteiger partial charge in [0, 0.05) is 49.1 Å². The Morgan fingerprint density at radius 2 is 1.81 bits per heavy atom. The lowest BCUT2D eigenvalue weighted by Gasteiger charge is -2.46. The number of allylic oxidation sites excluding steroid dienone is 6. The van der Waals surface area contributed by atoms with E-state index < -0.39 is 5.60 Å². The van der Waals surface area contributed by atoms with Crippen molar-refractivity contribution in [2.45, 2.75) is 78.5 Å². The number of hydrogen-bond donors (Lipinski definition) is 0. The fourth-order valence-electron chi connectivity index (χ4n) is 5.34. The lowest BCUT2D eigenvalue weighted by Crippen LogP contribution is -2.58. The fraction of sp³-hybridized carbons (Fsp3) is 0.484. The Kier molecular flexibility index (Phi) is 7.77. The van der Waals surface area contributed by atoms with E-state index in [1.54, 1.807) is 18.3 Å². The first-order chi connectivity index (χ1) is 17.5. The Bertz CT molecular complexity index is 1180. The summed E-state index contributed by atoms with van der Waals surface area (Å²) in [5.74, 6) is 0.257. The zero-order valence-corrected chi connectivity index (χ0v) is 23.1. The normalized spacial score (nSPS) is 25.3. The number of nitrogens with zero attached hydrogens (tertiary/aromatic N) is 3. The van der Waals surface area contributed by atoms with Crippen LogP contribution in [0.15, 0.2) is 71.0 Å². The number of benzene rings is 1. The van der Waals surface area contributed by atoms with E-state index >= 15 is 0 Å². The molecule has 0 radical (unpaired) electrons. The van der Waals surface area contributed by atoms with Crippen molar-refractivity contribution in [3.8, 4) is 0 Å². The molecule has 1 heterocycles. The summed E-state index contributed by atoms with van der Waals surface area (Å²) >= 11 is 0. The molecule has 198 valence electrons. The van der Waals surface area contributed by atoms with Crippen molar-refractivity contribution in [2.75, 3.05) is 13.1 Å².